The molecule has 0 aromatic heterocycles. The maximum atomic E-state index is 13.9. The second kappa shape index (κ2) is 5.43. The number of aliphatic hydroxyl groups is 1. The Balaban J connectivity index is 1.95. The van der Waals surface area contributed by atoms with Crippen LogP contribution in [0.2, 0.25) is 5.02 Å². The number of halogens is 2. The van der Waals surface area contributed by atoms with Crippen LogP contribution >= 0.6 is 11.6 Å². The summed E-state index contributed by atoms with van der Waals surface area (Å²) in [5.41, 5.74) is 2.34. The minimum Gasteiger partial charge on any atom is -0.388 e. The van der Waals surface area contributed by atoms with Crippen LogP contribution in [0.15, 0.2) is 42.5 Å². The maximum Gasteiger partial charge on any atom is 0.129 e. The van der Waals surface area contributed by atoms with Crippen molar-refractivity contribution in [2.45, 2.75) is 19.1 Å². The van der Waals surface area contributed by atoms with Crippen molar-refractivity contribution in [1.82, 2.24) is 0 Å². The van der Waals surface area contributed by atoms with Crippen LogP contribution in [0.3, 0.4) is 0 Å². The summed E-state index contributed by atoms with van der Waals surface area (Å²) in [7, 11) is 0. The lowest BCUT2D eigenvalue weighted by molar-refractivity contribution is 0.164. The molecule has 1 unspecified atom stereocenters. The number of hydrogen-bond donors (Lipinski definition) is 1. The number of benzene rings is 2. The van der Waals surface area contributed by atoms with Gasteiger partial charge in [0, 0.05) is 34.9 Å². The smallest absolute Gasteiger partial charge is 0.129 e. The van der Waals surface area contributed by atoms with Crippen molar-refractivity contribution in [1.29, 1.82) is 0 Å². The van der Waals surface area contributed by atoms with Gasteiger partial charge in [-0.15, -0.1) is 0 Å². The fraction of sp³-hybridized carbons (Fsp3) is 0.250. The molecule has 2 aromatic rings. The van der Waals surface area contributed by atoms with Gasteiger partial charge in [0.15, 0.2) is 0 Å². The molecule has 1 aliphatic heterocycles. The third-order valence-electron chi connectivity index (χ3n) is 3.72. The molecule has 0 radical (unpaired) electrons. The minimum atomic E-state index is -0.446. The SMILES string of the molecule is OC1CCN(Cc2c(F)cccc2Cl)c2ccccc21. The fourth-order valence-corrected chi connectivity index (χ4v) is 2.87. The van der Waals surface area contributed by atoms with Gasteiger partial charge < -0.3 is 10.0 Å². The number of aliphatic hydroxyl groups excluding tert-OH is 1. The van der Waals surface area contributed by atoms with Crippen molar-refractivity contribution in [3.63, 3.8) is 0 Å². The van der Waals surface area contributed by atoms with Crippen LogP contribution in [-0.2, 0) is 6.54 Å². The molecule has 0 fully saturated rings. The zero-order valence-corrected chi connectivity index (χ0v) is 11.6. The highest BCUT2D eigenvalue weighted by Crippen LogP contribution is 2.35. The molecular formula is C16H15ClFNO. The zero-order chi connectivity index (χ0) is 14.1. The van der Waals surface area contributed by atoms with Crippen molar-refractivity contribution in [2.24, 2.45) is 0 Å². The lowest BCUT2D eigenvalue weighted by Gasteiger charge is -2.34. The number of rotatable bonds is 2. The normalized spacial score (nSPS) is 17.9. The van der Waals surface area contributed by atoms with E-state index in [0.29, 0.717) is 30.1 Å². The summed E-state index contributed by atoms with van der Waals surface area (Å²) < 4.78 is 13.9. The van der Waals surface area contributed by atoms with Crippen LogP contribution in [0.4, 0.5) is 10.1 Å². The summed E-state index contributed by atoms with van der Waals surface area (Å²) in [5, 5.41) is 10.5. The summed E-state index contributed by atoms with van der Waals surface area (Å²) in [6.07, 6.45) is 0.196. The summed E-state index contributed by atoms with van der Waals surface area (Å²) in [5.74, 6) is -0.291. The molecule has 1 aliphatic rings. The molecule has 0 bridgehead atoms. The van der Waals surface area contributed by atoms with Gasteiger partial charge in [-0.3, -0.25) is 0 Å². The van der Waals surface area contributed by atoms with E-state index in [1.165, 1.54) is 6.07 Å². The Morgan fingerprint density at radius 3 is 2.80 bits per heavy atom. The zero-order valence-electron chi connectivity index (χ0n) is 10.9. The van der Waals surface area contributed by atoms with Crippen LogP contribution in [0.25, 0.3) is 0 Å². The predicted molar refractivity (Wildman–Crippen MR) is 78.5 cm³/mol. The van der Waals surface area contributed by atoms with E-state index in [-0.39, 0.29) is 5.82 Å². The molecule has 1 atom stereocenters. The Kier molecular flexibility index (Phi) is 3.64. The molecule has 0 aliphatic carbocycles. The molecule has 20 heavy (non-hydrogen) atoms. The number of fused-ring (bicyclic) bond motifs is 1. The van der Waals surface area contributed by atoms with E-state index >= 15 is 0 Å². The number of nitrogens with zero attached hydrogens (tertiary/aromatic N) is 1. The molecule has 0 saturated heterocycles. The second-order valence-electron chi connectivity index (χ2n) is 4.99. The van der Waals surface area contributed by atoms with Crippen LogP contribution in [0.1, 0.15) is 23.7 Å². The summed E-state index contributed by atoms with van der Waals surface area (Å²) in [4.78, 5) is 2.06. The Bertz CT molecular complexity index is 611. The van der Waals surface area contributed by atoms with E-state index in [4.69, 9.17) is 11.6 Å². The van der Waals surface area contributed by atoms with Gasteiger partial charge >= 0.3 is 0 Å². The van der Waals surface area contributed by atoms with Crippen molar-refractivity contribution in [2.75, 3.05) is 11.4 Å². The van der Waals surface area contributed by atoms with Gasteiger partial charge in [-0.05, 0) is 24.6 Å². The highest BCUT2D eigenvalue weighted by Gasteiger charge is 2.24. The molecular weight excluding hydrogens is 277 g/mol. The predicted octanol–water partition coefficient (Wildman–Crippen LogP) is 3.92. The topological polar surface area (TPSA) is 23.5 Å². The van der Waals surface area contributed by atoms with Crippen LogP contribution in [0, 0.1) is 5.82 Å². The van der Waals surface area contributed by atoms with Crippen molar-refractivity contribution < 1.29 is 9.50 Å². The lowest BCUT2D eigenvalue weighted by Crippen LogP contribution is -2.31. The van der Waals surface area contributed by atoms with Gasteiger partial charge in [0.2, 0.25) is 0 Å². The third-order valence-corrected chi connectivity index (χ3v) is 4.07. The molecule has 0 spiro atoms. The molecule has 1 heterocycles. The average molecular weight is 292 g/mol. The van der Waals surface area contributed by atoms with E-state index in [2.05, 4.69) is 4.90 Å². The first-order valence-corrected chi connectivity index (χ1v) is 6.99. The highest BCUT2D eigenvalue weighted by molar-refractivity contribution is 6.31. The quantitative estimate of drug-likeness (QED) is 0.906. The van der Waals surface area contributed by atoms with Crippen molar-refractivity contribution in [3.05, 3.63) is 64.4 Å². The Hall–Kier alpha value is -1.58. The Morgan fingerprint density at radius 1 is 1.20 bits per heavy atom. The van der Waals surface area contributed by atoms with Gasteiger partial charge in [-0.2, -0.15) is 0 Å². The first-order valence-electron chi connectivity index (χ1n) is 6.61. The van der Waals surface area contributed by atoms with E-state index in [1.54, 1.807) is 12.1 Å². The van der Waals surface area contributed by atoms with Gasteiger partial charge in [0.05, 0.1) is 6.10 Å². The van der Waals surface area contributed by atoms with Crippen LogP contribution in [0.5, 0.6) is 0 Å². The molecule has 104 valence electrons. The molecule has 1 N–H and O–H groups in total. The minimum absolute atomic E-state index is 0.291. The van der Waals surface area contributed by atoms with E-state index in [0.717, 1.165) is 11.3 Å². The third kappa shape index (κ3) is 2.39. The maximum absolute atomic E-state index is 13.9. The number of para-hydroxylation sites is 1. The first-order chi connectivity index (χ1) is 9.66. The summed E-state index contributed by atoms with van der Waals surface area (Å²) in [6.45, 7) is 1.10. The number of anilines is 1. The summed E-state index contributed by atoms with van der Waals surface area (Å²) >= 11 is 6.09. The van der Waals surface area contributed by atoms with E-state index < -0.39 is 6.10 Å². The lowest BCUT2D eigenvalue weighted by atomic mass is 9.98. The summed E-state index contributed by atoms with van der Waals surface area (Å²) in [6, 6.07) is 12.4. The van der Waals surface area contributed by atoms with Gasteiger partial charge in [-0.1, -0.05) is 35.9 Å². The largest absolute Gasteiger partial charge is 0.388 e. The highest BCUT2D eigenvalue weighted by atomic mass is 35.5. The Morgan fingerprint density at radius 2 is 2.00 bits per heavy atom. The van der Waals surface area contributed by atoms with Crippen LogP contribution in [-0.4, -0.2) is 11.7 Å². The molecule has 3 rings (SSSR count). The molecule has 2 aromatic carbocycles. The molecule has 4 heteroatoms. The van der Waals surface area contributed by atoms with Crippen molar-refractivity contribution in [3.8, 4) is 0 Å². The standard InChI is InChI=1S/C16H15ClFNO/c17-13-5-3-6-14(18)12(13)10-19-9-8-16(20)11-4-1-2-7-15(11)19/h1-7,16,20H,8-10H2. The Labute approximate surface area is 122 Å². The van der Waals surface area contributed by atoms with E-state index in [1.807, 2.05) is 24.3 Å². The molecule has 2 nitrogen and oxygen atoms in total. The average Bonchev–Trinajstić information content (AvgIpc) is 2.46. The second-order valence-corrected chi connectivity index (χ2v) is 5.39. The van der Waals surface area contributed by atoms with Crippen molar-refractivity contribution >= 4 is 17.3 Å². The van der Waals surface area contributed by atoms with Gasteiger partial charge in [0.25, 0.3) is 0 Å². The first kappa shape index (κ1) is 13.4. The van der Waals surface area contributed by atoms with Crippen LogP contribution < -0.4 is 4.90 Å². The molecule has 0 saturated carbocycles. The van der Waals surface area contributed by atoms with Gasteiger partial charge in [-0.25, -0.2) is 4.39 Å². The fourth-order valence-electron chi connectivity index (χ4n) is 2.65. The van der Waals surface area contributed by atoms with Gasteiger partial charge in [0.1, 0.15) is 5.82 Å². The molecule has 0 amide bonds. The monoisotopic (exact) mass is 291 g/mol. The number of hydrogen-bond acceptors (Lipinski definition) is 2. The van der Waals surface area contributed by atoms with E-state index in [9.17, 15) is 9.50 Å².